The Morgan fingerprint density at radius 3 is 3.07 bits per heavy atom. The van der Waals surface area contributed by atoms with Crippen LogP contribution in [0.4, 0.5) is 0 Å². The van der Waals surface area contributed by atoms with Gasteiger partial charge in [0.25, 0.3) is 0 Å². The van der Waals surface area contributed by atoms with Gasteiger partial charge in [0.05, 0.1) is 12.1 Å². The lowest BCUT2D eigenvalue weighted by molar-refractivity contribution is -0.122. The number of nitrogens with two attached hydrogens (primary N) is 1. The van der Waals surface area contributed by atoms with Crippen LogP contribution in [0.1, 0.15) is 19.8 Å². The van der Waals surface area contributed by atoms with Crippen LogP contribution in [-0.4, -0.2) is 31.2 Å². The summed E-state index contributed by atoms with van der Waals surface area (Å²) in [5, 5.41) is 2.85. The second-order valence-electron chi connectivity index (χ2n) is 4.00. The van der Waals surface area contributed by atoms with E-state index in [4.69, 9.17) is 10.5 Å². The van der Waals surface area contributed by atoms with Gasteiger partial charge in [-0.1, -0.05) is 6.08 Å². The van der Waals surface area contributed by atoms with Gasteiger partial charge in [-0.05, 0) is 19.8 Å². The molecule has 3 N–H and O–H groups in total. The quantitative estimate of drug-likeness (QED) is 0.650. The van der Waals surface area contributed by atoms with Gasteiger partial charge in [0.2, 0.25) is 5.91 Å². The first kappa shape index (κ1) is 12.2. The van der Waals surface area contributed by atoms with E-state index in [1.54, 1.807) is 6.08 Å². The molecule has 86 valence electrons. The van der Waals surface area contributed by atoms with E-state index in [1.807, 2.05) is 6.92 Å². The molecule has 0 spiro atoms. The predicted molar refractivity (Wildman–Crippen MR) is 59.3 cm³/mol. The molecule has 1 amide bonds. The number of carbonyl (C=O) groups is 1. The maximum absolute atomic E-state index is 11.5. The van der Waals surface area contributed by atoms with Crippen LogP contribution < -0.4 is 11.1 Å². The summed E-state index contributed by atoms with van der Waals surface area (Å²) in [5.41, 5.74) is 5.63. The van der Waals surface area contributed by atoms with Crippen LogP contribution >= 0.6 is 0 Å². The number of rotatable bonds is 5. The fourth-order valence-corrected chi connectivity index (χ4v) is 1.69. The number of amides is 1. The lowest BCUT2D eigenvalue weighted by Crippen LogP contribution is -2.42. The average molecular weight is 212 g/mol. The van der Waals surface area contributed by atoms with Crippen molar-refractivity contribution in [3.63, 3.8) is 0 Å². The molecule has 0 bridgehead atoms. The predicted octanol–water partition coefficient (Wildman–Crippen LogP) is 0.431. The molecule has 0 aromatic rings. The van der Waals surface area contributed by atoms with Crippen LogP contribution in [0.2, 0.25) is 0 Å². The van der Waals surface area contributed by atoms with Gasteiger partial charge in [-0.2, -0.15) is 0 Å². The van der Waals surface area contributed by atoms with Gasteiger partial charge in [-0.3, -0.25) is 4.79 Å². The van der Waals surface area contributed by atoms with Gasteiger partial charge in [0.15, 0.2) is 0 Å². The molecular weight excluding hydrogens is 192 g/mol. The highest BCUT2D eigenvalue weighted by molar-refractivity contribution is 5.81. The van der Waals surface area contributed by atoms with E-state index in [2.05, 4.69) is 11.9 Å². The first-order chi connectivity index (χ1) is 7.15. The fourth-order valence-electron chi connectivity index (χ4n) is 1.69. The zero-order chi connectivity index (χ0) is 11.3. The summed E-state index contributed by atoms with van der Waals surface area (Å²) in [6, 6.07) is -0.472. The third kappa shape index (κ3) is 3.64. The van der Waals surface area contributed by atoms with Gasteiger partial charge in [0, 0.05) is 19.1 Å². The van der Waals surface area contributed by atoms with Crippen molar-refractivity contribution in [1.29, 1.82) is 0 Å². The summed E-state index contributed by atoms with van der Waals surface area (Å²) in [5.74, 6) is 0.318. The van der Waals surface area contributed by atoms with Crippen LogP contribution in [-0.2, 0) is 9.53 Å². The van der Waals surface area contributed by atoms with Gasteiger partial charge >= 0.3 is 0 Å². The van der Waals surface area contributed by atoms with E-state index in [0.29, 0.717) is 18.9 Å². The molecule has 0 aliphatic carbocycles. The summed E-state index contributed by atoms with van der Waals surface area (Å²) < 4.78 is 5.41. The summed E-state index contributed by atoms with van der Waals surface area (Å²) >= 11 is 0. The van der Waals surface area contributed by atoms with Crippen LogP contribution in [0, 0.1) is 5.92 Å². The second kappa shape index (κ2) is 5.88. The van der Waals surface area contributed by atoms with Crippen molar-refractivity contribution in [2.75, 3.05) is 13.2 Å². The normalized spacial score (nSPS) is 27.3. The summed E-state index contributed by atoms with van der Waals surface area (Å²) in [6.45, 7) is 7.04. The van der Waals surface area contributed by atoms with Crippen molar-refractivity contribution in [1.82, 2.24) is 5.32 Å². The molecule has 4 nitrogen and oxygen atoms in total. The number of hydrogen-bond acceptors (Lipinski definition) is 3. The summed E-state index contributed by atoms with van der Waals surface area (Å²) in [7, 11) is 0. The molecule has 1 aliphatic heterocycles. The molecule has 0 aromatic heterocycles. The highest BCUT2D eigenvalue weighted by Crippen LogP contribution is 2.19. The Kier molecular flexibility index (Phi) is 4.78. The van der Waals surface area contributed by atoms with E-state index in [-0.39, 0.29) is 12.0 Å². The monoisotopic (exact) mass is 212 g/mol. The minimum absolute atomic E-state index is 0.103. The van der Waals surface area contributed by atoms with E-state index < -0.39 is 6.04 Å². The van der Waals surface area contributed by atoms with Crippen LogP contribution in [0.3, 0.4) is 0 Å². The third-order valence-electron chi connectivity index (χ3n) is 2.83. The first-order valence-electron chi connectivity index (χ1n) is 5.41. The van der Waals surface area contributed by atoms with Gasteiger partial charge in [-0.25, -0.2) is 0 Å². The van der Waals surface area contributed by atoms with E-state index in [9.17, 15) is 4.79 Å². The minimum Gasteiger partial charge on any atom is -0.378 e. The van der Waals surface area contributed by atoms with Crippen molar-refractivity contribution in [2.45, 2.75) is 31.9 Å². The number of nitrogens with one attached hydrogen (secondary N) is 1. The minimum atomic E-state index is -0.472. The molecule has 3 atom stereocenters. The Bertz CT molecular complexity index is 231. The van der Waals surface area contributed by atoms with Crippen LogP contribution in [0.15, 0.2) is 12.7 Å². The van der Waals surface area contributed by atoms with Crippen LogP contribution in [0.5, 0.6) is 0 Å². The topological polar surface area (TPSA) is 64.4 Å². The SMILES string of the molecule is C=CCC(N)C(=O)NCC1CCOC1C. The van der Waals surface area contributed by atoms with Crippen molar-refractivity contribution in [3.8, 4) is 0 Å². The molecule has 1 heterocycles. The molecule has 3 unspecified atom stereocenters. The molecule has 1 rings (SSSR count). The maximum Gasteiger partial charge on any atom is 0.237 e. The second-order valence-corrected chi connectivity index (χ2v) is 4.00. The van der Waals surface area contributed by atoms with Crippen LogP contribution in [0.25, 0.3) is 0 Å². The largest absolute Gasteiger partial charge is 0.378 e. The number of ether oxygens (including phenoxy) is 1. The molecule has 1 saturated heterocycles. The standard InChI is InChI=1S/C11H20N2O2/c1-3-4-10(12)11(14)13-7-9-5-6-15-8(9)2/h3,8-10H,1,4-7,12H2,2H3,(H,13,14). The Hall–Kier alpha value is -0.870. The highest BCUT2D eigenvalue weighted by Gasteiger charge is 2.24. The van der Waals surface area contributed by atoms with E-state index in [1.165, 1.54) is 0 Å². The van der Waals surface area contributed by atoms with Crippen molar-refractivity contribution >= 4 is 5.91 Å². The van der Waals surface area contributed by atoms with E-state index >= 15 is 0 Å². The van der Waals surface area contributed by atoms with Gasteiger partial charge in [0.1, 0.15) is 0 Å². The highest BCUT2D eigenvalue weighted by atomic mass is 16.5. The van der Waals surface area contributed by atoms with E-state index in [0.717, 1.165) is 13.0 Å². The third-order valence-corrected chi connectivity index (χ3v) is 2.83. The Balaban J connectivity index is 2.24. The Labute approximate surface area is 90.9 Å². The van der Waals surface area contributed by atoms with Gasteiger partial charge in [-0.15, -0.1) is 6.58 Å². The molecule has 0 aromatic carbocycles. The number of hydrogen-bond donors (Lipinski definition) is 2. The molecule has 0 saturated carbocycles. The Morgan fingerprint density at radius 2 is 2.53 bits per heavy atom. The lowest BCUT2D eigenvalue weighted by atomic mass is 10.0. The average Bonchev–Trinajstić information content (AvgIpc) is 2.61. The van der Waals surface area contributed by atoms with Crippen molar-refractivity contribution < 1.29 is 9.53 Å². The maximum atomic E-state index is 11.5. The molecular formula is C11H20N2O2. The lowest BCUT2D eigenvalue weighted by Gasteiger charge is -2.16. The molecule has 1 fully saturated rings. The molecule has 0 radical (unpaired) electrons. The number of carbonyl (C=O) groups excluding carboxylic acids is 1. The molecule has 15 heavy (non-hydrogen) atoms. The fraction of sp³-hybridized carbons (Fsp3) is 0.727. The smallest absolute Gasteiger partial charge is 0.237 e. The summed E-state index contributed by atoms with van der Waals surface area (Å²) in [4.78, 5) is 11.5. The zero-order valence-electron chi connectivity index (χ0n) is 9.24. The van der Waals surface area contributed by atoms with Crippen molar-refractivity contribution in [3.05, 3.63) is 12.7 Å². The first-order valence-corrected chi connectivity index (χ1v) is 5.41. The van der Waals surface area contributed by atoms with Gasteiger partial charge < -0.3 is 15.8 Å². The summed E-state index contributed by atoms with van der Waals surface area (Å²) in [6.07, 6.45) is 3.42. The Morgan fingerprint density at radius 1 is 1.80 bits per heavy atom. The zero-order valence-corrected chi connectivity index (χ0v) is 9.24. The molecule has 4 heteroatoms. The van der Waals surface area contributed by atoms with Crippen molar-refractivity contribution in [2.24, 2.45) is 11.7 Å². The molecule has 1 aliphatic rings.